The Morgan fingerprint density at radius 1 is 1.17 bits per heavy atom. The predicted octanol–water partition coefficient (Wildman–Crippen LogP) is 2.57. The molecule has 2 aromatic rings. The van der Waals surface area contributed by atoms with Gasteiger partial charge in [-0.25, -0.2) is 0 Å². The van der Waals surface area contributed by atoms with Crippen LogP contribution >= 0.6 is 24.8 Å². The Balaban J connectivity index is 0.000000810. The molecule has 0 spiro atoms. The second-order valence-corrected chi connectivity index (χ2v) is 4.34. The van der Waals surface area contributed by atoms with E-state index in [-0.39, 0.29) is 24.8 Å². The zero-order valence-electron chi connectivity index (χ0n) is 9.98. The standard InChI is InChI=1S/C12H16N4.2ClH/c1-2-11(7-12-9(1)8-14-16-12)15-10-3-5-13-6-4-10;;/h1-2,7-8,10,13,15H,3-6H2,(H,14,16);2*1H. The van der Waals surface area contributed by atoms with Gasteiger partial charge in [0.05, 0.1) is 11.7 Å². The lowest BCUT2D eigenvalue weighted by Gasteiger charge is -2.24. The number of H-pyrrole nitrogens is 1. The number of nitrogens with one attached hydrogen (secondary N) is 3. The van der Waals surface area contributed by atoms with Gasteiger partial charge in [0.15, 0.2) is 0 Å². The highest BCUT2D eigenvalue weighted by Crippen LogP contribution is 2.18. The Morgan fingerprint density at radius 2 is 1.94 bits per heavy atom. The summed E-state index contributed by atoms with van der Waals surface area (Å²) < 4.78 is 0. The van der Waals surface area contributed by atoms with Gasteiger partial charge in [0.25, 0.3) is 0 Å². The number of nitrogens with zero attached hydrogens (tertiary/aromatic N) is 1. The molecule has 18 heavy (non-hydrogen) atoms. The fourth-order valence-electron chi connectivity index (χ4n) is 2.23. The van der Waals surface area contributed by atoms with Gasteiger partial charge in [0, 0.05) is 17.1 Å². The minimum absolute atomic E-state index is 0. The van der Waals surface area contributed by atoms with Crippen LogP contribution in [0.1, 0.15) is 12.8 Å². The maximum absolute atomic E-state index is 4.03. The monoisotopic (exact) mass is 288 g/mol. The van der Waals surface area contributed by atoms with Crippen molar-refractivity contribution in [1.29, 1.82) is 0 Å². The van der Waals surface area contributed by atoms with Gasteiger partial charge in [0.2, 0.25) is 0 Å². The summed E-state index contributed by atoms with van der Waals surface area (Å²) in [6, 6.07) is 6.95. The lowest BCUT2D eigenvalue weighted by molar-refractivity contribution is 0.479. The van der Waals surface area contributed by atoms with Crippen LogP contribution in [0.5, 0.6) is 0 Å². The number of benzene rings is 1. The highest BCUT2D eigenvalue weighted by atomic mass is 35.5. The molecule has 3 N–H and O–H groups in total. The first-order valence-electron chi connectivity index (χ1n) is 5.82. The molecular weight excluding hydrogens is 271 g/mol. The summed E-state index contributed by atoms with van der Waals surface area (Å²) in [5.74, 6) is 0. The van der Waals surface area contributed by atoms with Gasteiger partial charge in [-0.05, 0) is 44.1 Å². The molecule has 0 bridgehead atoms. The van der Waals surface area contributed by atoms with E-state index in [9.17, 15) is 0 Å². The fourth-order valence-corrected chi connectivity index (χ4v) is 2.23. The van der Waals surface area contributed by atoms with E-state index in [2.05, 4.69) is 39.0 Å². The molecule has 0 aliphatic carbocycles. The zero-order valence-corrected chi connectivity index (χ0v) is 11.6. The Kier molecular flexibility index (Phi) is 5.72. The van der Waals surface area contributed by atoms with E-state index >= 15 is 0 Å². The quantitative estimate of drug-likeness (QED) is 0.796. The van der Waals surface area contributed by atoms with Crippen LogP contribution in [0.2, 0.25) is 0 Å². The van der Waals surface area contributed by atoms with Gasteiger partial charge < -0.3 is 10.6 Å². The first-order valence-corrected chi connectivity index (χ1v) is 5.82. The highest BCUT2D eigenvalue weighted by molar-refractivity contribution is 5.85. The molecule has 2 heterocycles. The van der Waals surface area contributed by atoms with Crippen molar-refractivity contribution in [3.63, 3.8) is 0 Å². The van der Waals surface area contributed by atoms with Crippen molar-refractivity contribution < 1.29 is 0 Å². The predicted molar refractivity (Wildman–Crippen MR) is 80.1 cm³/mol. The molecule has 6 heteroatoms. The Labute approximate surface area is 119 Å². The molecule has 1 aromatic heterocycles. The van der Waals surface area contributed by atoms with Crippen molar-refractivity contribution in [3.05, 3.63) is 24.4 Å². The summed E-state index contributed by atoms with van der Waals surface area (Å²) in [7, 11) is 0. The summed E-state index contributed by atoms with van der Waals surface area (Å²) in [5.41, 5.74) is 2.28. The van der Waals surface area contributed by atoms with Crippen molar-refractivity contribution >= 4 is 41.4 Å². The largest absolute Gasteiger partial charge is 0.382 e. The number of anilines is 1. The van der Waals surface area contributed by atoms with E-state index in [0.717, 1.165) is 24.0 Å². The second-order valence-electron chi connectivity index (χ2n) is 4.34. The smallest absolute Gasteiger partial charge is 0.0670 e. The van der Waals surface area contributed by atoms with Gasteiger partial charge in [-0.15, -0.1) is 24.8 Å². The molecule has 100 valence electrons. The number of hydrogen-bond acceptors (Lipinski definition) is 3. The van der Waals surface area contributed by atoms with Crippen LogP contribution in [0.15, 0.2) is 24.4 Å². The van der Waals surface area contributed by atoms with Crippen LogP contribution in [-0.2, 0) is 0 Å². The lowest BCUT2D eigenvalue weighted by Crippen LogP contribution is -2.35. The third-order valence-corrected chi connectivity index (χ3v) is 3.15. The SMILES string of the molecule is Cl.Cl.c1cc2cn[nH]c2cc1NC1CCNCC1. The average molecular weight is 289 g/mol. The fraction of sp³-hybridized carbons (Fsp3) is 0.417. The highest BCUT2D eigenvalue weighted by Gasteiger charge is 2.12. The normalized spacial score (nSPS) is 15.8. The van der Waals surface area contributed by atoms with Crippen molar-refractivity contribution in [2.24, 2.45) is 0 Å². The number of halogens is 2. The minimum atomic E-state index is 0. The topological polar surface area (TPSA) is 52.7 Å². The second kappa shape index (κ2) is 6.83. The van der Waals surface area contributed by atoms with Crippen LogP contribution in [0.3, 0.4) is 0 Å². The van der Waals surface area contributed by atoms with Gasteiger partial charge >= 0.3 is 0 Å². The molecular formula is C12H18Cl2N4. The summed E-state index contributed by atoms with van der Waals surface area (Å²) in [6.45, 7) is 2.23. The zero-order chi connectivity index (χ0) is 10.8. The van der Waals surface area contributed by atoms with Crippen LogP contribution in [0.25, 0.3) is 10.9 Å². The van der Waals surface area contributed by atoms with Gasteiger partial charge in [0.1, 0.15) is 0 Å². The summed E-state index contributed by atoms with van der Waals surface area (Å²) in [4.78, 5) is 0. The summed E-state index contributed by atoms with van der Waals surface area (Å²) in [6.07, 6.45) is 4.24. The Morgan fingerprint density at radius 3 is 2.72 bits per heavy atom. The molecule has 0 radical (unpaired) electrons. The molecule has 4 nitrogen and oxygen atoms in total. The molecule has 1 saturated heterocycles. The van der Waals surface area contributed by atoms with E-state index in [1.807, 2.05) is 6.20 Å². The number of aromatic amines is 1. The lowest BCUT2D eigenvalue weighted by atomic mass is 10.1. The third kappa shape index (κ3) is 3.28. The van der Waals surface area contributed by atoms with Crippen molar-refractivity contribution in [2.45, 2.75) is 18.9 Å². The number of fused-ring (bicyclic) bond motifs is 1. The molecule has 1 aliphatic rings. The van der Waals surface area contributed by atoms with Crippen LogP contribution in [0.4, 0.5) is 5.69 Å². The number of piperidine rings is 1. The van der Waals surface area contributed by atoms with E-state index in [1.54, 1.807) is 0 Å². The van der Waals surface area contributed by atoms with E-state index in [4.69, 9.17) is 0 Å². The van der Waals surface area contributed by atoms with Crippen LogP contribution < -0.4 is 10.6 Å². The van der Waals surface area contributed by atoms with Crippen LogP contribution in [0, 0.1) is 0 Å². The van der Waals surface area contributed by atoms with E-state index in [0.29, 0.717) is 6.04 Å². The van der Waals surface area contributed by atoms with E-state index in [1.165, 1.54) is 18.5 Å². The first kappa shape index (κ1) is 15.1. The van der Waals surface area contributed by atoms with Crippen molar-refractivity contribution in [1.82, 2.24) is 15.5 Å². The first-order chi connectivity index (χ1) is 7.92. The maximum Gasteiger partial charge on any atom is 0.0670 e. The van der Waals surface area contributed by atoms with Gasteiger partial charge in [-0.2, -0.15) is 5.10 Å². The number of rotatable bonds is 2. The molecule has 3 rings (SSSR count). The molecule has 0 unspecified atom stereocenters. The number of aromatic nitrogens is 2. The molecule has 1 aromatic carbocycles. The van der Waals surface area contributed by atoms with Crippen LogP contribution in [-0.4, -0.2) is 29.3 Å². The Bertz CT molecular complexity index is 480. The maximum atomic E-state index is 4.03. The minimum Gasteiger partial charge on any atom is -0.382 e. The number of hydrogen-bond donors (Lipinski definition) is 3. The van der Waals surface area contributed by atoms with Crippen molar-refractivity contribution in [2.75, 3.05) is 18.4 Å². The molecule has 1 fully saturated rings. The third-order valence-electron chi connectivity index (χ3n) is 3.15. The average Bonchev–Trinajstić information content (AvgIpc) is 2.77. The molecule has 0 saturated carbocycles. The Hall–Kier alpha value is -0.970. The molecule has 1 aliphatic heterocycles. The van der Waals surface area contributed by atoms with Gasteiger partial charge in [-0.1, -0.05) is 0 Å². The molecule has 0 atom stereocenters. The molecule has 0 amide bonds. The van der Waals surface area contributed by atoms with Gasteiger partial charge in [-0.3, -0.25) is 5.10 Å². The summed E-state index contributed by atoms with van der Waals surface area (Å²) in [5, 5.41) is 15.1. The van der Waals surface area contributed by atoms with Crippen molar-refractivity contribution in [3.8, 4) is 0 Å². The van der Waals surface area contributed by atoms with E-state index < -0.39 is 0 Å². The summed E-state index contributed by atoms with van der Waals surface area (Å²) >= 11 is 0.